The second-order valence-electron chi connectivity index (χ2n) is 3.69. The van der Waals surface area contributed by atoms with Crippen molar-refractivity contribution in [2.75, 3.05) is 0 Å². The van der Waals surface area contributed by atoms with Crippen LogP contribution in [0.2, 0.25) is 0 Å². The van der Waals surface area contributed by atoms with E-state index in [1.54, 1.807) is 22.9 Å². The van der Waals surface area contributed by atoms with Gasteiger partial charge in [-0.2, -0.15) is 4.57 Å². The van der Waals surface area contributed by atoms with Crippen LogP contribution in [0, 0.1) is 0 Å². The molecular formula is C13H14BrNO2. The van der Waals surface area contributed by atoms with E-state index in [0.717, 1.165) is 5.56 Å². The fourth-order valence-corrected chi connectivity index (χ4v) is 1.60. The molecule has 0 saturated heterocycles. The molecule has 0 saturated carbocycles. The number of aromatic nitrogens is 1. The van der Waals surface area contributed by atoms with Gasteiger partial charge in [-0.3, -0.25) is 0 Å². The Kier molecular flexibility index (Phi) is 5.12. The van der Waals surface area contributed by atoms with Crippen molar-refractivity contribution >= 4 is 0 Å². The molecule has 0 aliphatic carbocycles. The van der Waals surface area contributed by atoms with Crippen LogP contribution >= 0.6 is 0 Å². The number of halogens is 1. The molecule has 3 nitrogen and oxygen atoms in total. The summed E-state index contributed by atoms with van der Waals surface area (Å²) >= 11 is 0. The van der Waals surface area contributed by atoms with Crippen molar-refractivity contribution in [2.45, 2.75) is 12.6 Å². The van der Waals surface area contributed by atoms with Gasteiger partial charge in [-0.15, -0.1) is 0 Å². The summed E-state index contributed by atoms with van der Waals surface area (Å²) in [5.41, 5.74) is 0.873. The average molecular weight is 296 g/mol. The third-order valence-electron chi connectivity index (χ3n) is 2.41. The molecule has 0 radical (unpaired) electrons. The molecule has 1 aromatic heterocycles. The third kappa shape index (κ3) is 3.84. The van der Waals surface area contributed by atoms with Gasteiger partial charge in [0.15, 0.2) is 18.5 Å². The summed E-state index contributed by atoms with van der Waals surface area (Å²) in [5, 5.41) is 19.3. The topological polar surface area (TPSA) is 44.3 Å². The third-order valence-corrected chi connectivity index (χ3v) is 2.41. The van der Waals surface area contributed by atoms with Crippen molar-refractivity contribution in [3.05, 3.63) is 60.4 Å². The van der Waals surface area contributed by atoms with Gasteiger partial charge in [-0.25, -0.2) is 0 Å². The van der Waals surface area contributed by atoms with E-state index < -0.39 is 6.10 Å². The fraction of sp³-hybridized carbons (Fsp3) is 0.154. The summed E-state index contributed by atoms with van der Waals surface area (Å²) in [6, 6.07) is 12.8. The van der Waals surface area contributed by atoms with Crippen LogP contribution in [0.3, 0.4) is 0 Å². The maximum atomic E-state index is 9.96. The summed E-state index contributed by atoms with van der Waals surface area (Å²) < 4.78 is 1.76. The molecule has 4 heteroatoms. The fourth-order valence-electron chi connectivity index (χ4n) is 1.60. The second kappa shape index (κ2) is 6.37. The molecule has 2 aromatic rings. The minimum atomic E-state index is -0.562. The van der Waals surface area contributed by atoms with Gasteiger partial charge in [0.1, 0.15) is 6.10 Å². The van der Waals surface area contributed by atoms with Gasteiger partial charge in [-0.1, -0.05) is 30.3 Å². The van der Waals surface area contributed by atoms with Gasteiger partial charge in [0.25, 0.3) is 0 Å². The van der Waals surface area contributed by atoms with Crippen molar-refractivity contribution in [2.24, 2.45) is 0 Å². The second-order valence-corrected chi connectivity index (χ2v) is 3.69. The number of hydrogen-bond donors (Lipinski definition) is 2. The molecular weight excluding hydrogens is 282 g/mol. The van der Waals surface area contributed by atoms with Crippen LogP contribution in [0.25, 0.3) is 0 Å². The van der Waals surface area contributed by atoms with Crippen LogP contribution in [-0.2, 0) is 6.54 Å². The lowest BCUT2D eigenvalue weighted by atomic mass is 10.1. The van der Waals surface area contributed by atoms with E-state index in [0.29, 0.717) is 6.54 Å². The average Bonchev–Trinajstić information content (AvgIpc) is 2.30. The lowest BCUT2D eigenvalue weighted by molar-refractivity contribution is -0.705. The van der Waals surface area contributed by atoms with Crippen molar-refractivity contribution in [1.29, 1.82) is 0 Å². The zero-order valence-electron chi connectivity index (χ0n) is 9.20. The quantitative estimate of drug-likeness (QED) is 0.671. The minimum Gasteiger partial charge on any atom is -1.00 e. The first-order chi connectivity index (χ1) is 7.75. The number of pyridine rings is 1. The van der Waals surface area contributed by atoms with Gasteiger partial charge >= 0.3 is 0 Å². The van der Waals surface area contributed by atoms with Crippen LogP contribution in [0.1, 0.15) is 11.7 Å². The zero-order valence-corrected chi connectivity index (χ0v) is 10.8. The predicted octanol–water partition coefficient (Wildman–Crippen LogP) is -1.58. The maximum absolute atomic E-state index is 9.96. The van der Waals surface area contributed by atoms with Crippen LogP contribution < -0.4 is 21.5 Å². The summed E-state index contributed by atoms with van der Waals surface area (Å²) in [6.07, 6.45) is 2.84. The number of aromatic hydroxyl groups is 1. The molecule has 90 valence electrons. The molecule has 0 aliphatic rings. The lowest BCUT2D eigenvalue weighted by Crippen LogP contribution is -3.00. The molecule has 1 aromatic carbocycles. The molecule has 2 N–H and O–H groups in total. The van der Waals surface area contributed by atoms with Gasteiger partial charge < -0.3 is 27.2 Å². The highest BCUT2D eigenvalue weighted by Crippen LogP contribution is 2.12. The summed E-state index contributed by atoms with van der Waals surface area (Å²) in [6.45, 7) is 0.429. The molecule has 0 aliphatic heterocycles. The predicted molar refractivity (Wildman–Crippen MR) is 59.7 cm³/mol. The van der Waals surface area contributed by atoms with Gasteiger partial charge in [-0.05, 0) is 11.6 Å². The number of benzene rings is 1. The molecule has 0 fully saturated rings. The Labute approximate surface area is 111 Å². The van der Waals surface area contributed by atoms with E-state index in [-0.39, 0.29) is 22.7 Å². The number of aliphatic hydroxyl groups is 1. The normalized spacial score (nSPS) is 11.6. The van der Waals surface area contributed by atoms with Crippen molar-refractivity contribution in [1.82, 2.24) is 0 Å². The molecule has 17 heavy (non-hydrogen) atoms. The summed E-state index contributed by atoms with van der Waals surface area (Å²) in [5.74, 6) is 0.197. The first kappa shape index (κ1) is 13.7. The minimum absolute atomic E-state index is 0. The summed E-state index contributed by atoms with van der Waals surface area (Å²) in [7, 11) is 0. The molecule has 0 spiro atoms. The van der Waals surface area contributed by atoms with Crippen LogP contribution in [-0.4, -0.2) is 10.2 Å². The van der Waals surface area contributed by atoms with E-state index in [2.05, 4.69) is 0 Å². The highest BCUT2D eigenvalue weighted by atomic mass is 79.9. The maximum Gasteiger partial charge on any atom is 0.211 e. The molecule has 1 heterocycles. The first-order valence-electron chi connectivity index (χ1n) is 5.17. The first-order valence-corrected chi connectivity index (χ1v) is 5.17. The van der Waals surface area contributed by atoms with Crippen LogP contribution in [0.5, 0.6) is 5.75 Å². The number of aliphatic hydroxyl groups excluding tert-OH is 1. The Balaban J connectivity index is 0.00000144. The molecule has 1 unspecified atom stereocenters. The van der Waals surface area contributed by atoms with Crippen molar-refractivity contribution < 1.29 is 31.8 Å². The monoisotopic (exact) mass is 295 g/mol. The molecule has 1 atom stereocenters. The van der Waals surface area contributed by atoms with E-state index in [1.165, 1.54) is 0 Å². The van der Waals surface area contributed by atoms with E-state index in [9.17, 15) is 10.2 Å². The largest absolute Gasteiger partial charge is 1.00 e. The Morgan fingerprint density at radius 3 is 2.41 bits per heavy atom. The van der Waals surface area contributed by atoms with E-state index in [4.69, 9.17) is 0 Å². The van der Waals surface area contributed by atoms with E-state index in [1.807, 2.05) is 36.5 Å². The zero-order chi connectivity index (χ0) is 11.4. The van der Waals surface area contributed by atoms with E-state index >= 15 is 0 Å². The smallest absolute Gasteiger partial charge is 0.211 e. The number of nitrogens with zero attached hydrogens (tertiary/aromatic N) is 1. The lowest BCUT2D eigenvalue weighted by Gasteiger charge is -2.07. The SMILES string of the molecule is Oc1ccc[n+](CC(O)c2ccccc2)c1.[Br-]. The van der Waals surface area contributed by atoms with Crippen LogP contribution in [0.15, 0.2) is 54.9 Å². The van der Waals surface area contributed by atoms with Crippen molar-refractivity contribution in [3.63, 3.8) is 0 Å². The molecule has 2 rings (SSSR count). The number of rotatable bonds is 3. The van der Waals surface area contributed by atoms with Gasteiger partial charge in [0.05, 0.1) is 0 Å². The Morgan fingerprint density at radius 1 is 1.06 bits per heavy atom. The Bertz CT molecular complexity index is 462. The van der Waals surface area contributed by atoms with Crippen LogP contribution in [0.4, 0.5) is 0 Å². The molecule has 0 bridgehead atoms. The van der Waals surface area contributed by atoms with Crippen molar-refractivity contribution in [3.8, 4) is 5.75 Å². The highest BCUT2D eigenvalue weighted by Gasteiger charge is 2.12. The standard InChI is InChI=1S/C13H13NO2.BrH/c15-12-7-4-8-14(9-12)10-13(16)11-5-2-1-3-6-11;/h1-9,13,16H,10H2;1H. The van der Waals surface area contributed by atoms with Gasteiger partial charge in [0, 0.05) is 6.07 Å². The van der Waals surface area contributed by atoms with Gasteiger partial charge in [0.2, 0.25) is 6.20 Å². The Morgan fingerprint density at radius 2 is 1.76 bits per heavy atom. The number of hydrogen-bond acceptors (Lipinski definition) is 2. The highest BCUT2D eigenvalue weighted by molar-refractivity contribution is 5.16. The summed E-state index contributed by atoms with van der Waals surface area (Å²) in [4.78, 5) is 0. The molecule has 0 amide bonds. The Hall–Kier alpha value is -1.39.